The van der Waals surface area contributed by atoms with Crippen LogP contribution in [0.25, 0.3) is 10.9 Å². The molecule has 5 heteroatoms. The topological polar surface area (TPSA) is 60.9 Å². The molecule has 4 nitrogen and oxygen atoms in total. The van der Waals surface area contributed by atoms with Gasteiger partial charge in [0.2, 0.25) is 0 Å². The fourth-order valence-electron chi connectivity index (χ4n) is 2.02. The number of aromatic nitrogens is 2. The van der Waals surface area contributed by atoms with Gasteiger partial charge in [-0.05, 0) is 25.5 Å². The van der Waals surface area contributed by atoms with E-state index in [1.807, 2.05) is 0 Å². The van der Waals surface area contributed by atoms with Gasteiger partial charge in [0.1, 0.15) is 5.69 Å². The maximum atomic E-state index is 11.0. The van der Waals surface area contributed by atoms with Crippen molar-refractivity contribution < 1.29 is 4.79 Å². The molecule has 0 unspecified atom stereocenters. The number of hydrogen-bond acceptors (Lipinski definition) is 2. The predicted octanol–water partition coefficient (Wildman–Crippen LogP) is 2.14. The van der Waals surface area contributed by atoms with Crippen LogP contribution in [0.15, 0.2) is 18.3 Å². The number of primary amides is 1. The number of rotatable bonds is 3. The lowest BCUT2D eigenvalue weighted by Crippen LogP contribution is -2.12. The second-order valence-corrected chi connectivity index (χ2v) is 3.73. The van der Waals surface area contributed by atoms with Crippen molar-refractivity contribution in [2.75, 3.05) is 0 Å². The first kappa shape index (κ1) is 13.5. The van der Waals surface area contributed by atoms with Gasteiger partial charge in [0.15, 0.2) is 0 Å². The van der Waals surface area contributed by atoms with Crippen LogP contribution in [0.3, 0.4) is 0 Å². The largest absolute Gasteiger partial charge is 0.364 e. The summed E-state index contributed by atoms with van der Waals surface area (Å²) in [7, 11) is 0. The quantitative estimate of drug-likeness (QED) is 0.911. The van der Waals surface area contributed by atoms with Crippen molar-refractivity contribution in [2.45, 2.75) is 26.8 Å². The SMILES string of the molecule is CCc1cc2cc(C(N)=O)ncc2n1CC.Cl. The molecular formula is C12H16ClN3O. The Morgan fingerprint density at radius 1 is 1.41 bits per heavy atom. The smallest absolute Gasteiger partial charge is 0.267 e. The number of halogens is 1. The molecule has 17 heavy (non-hydrogen) atoms. The van der Waals surface area contributed by atoms with E-state index in [4.69, 9.17) is 5.73 Å². The highest BCUT2D eigenvalue weighted by atomic mass is 35.5. The number of amides is 1. The predicted molar refractivity (Wildman–Crippen MR) is 70.6 cm³/mol. The average molecular weight is 254 g/mol. The Balaban J connectivity index is 0.00000144. The van der Waals surface area contributed by atoms with Crippen molar-refractivity contribution in [1.29, 1.82) is 0 Å². The maximum absolute atomic E-state index is 11.0. The molecule has 0 aromatic carbocycles. The minimum atomic E-state index is -0.482. The lowest BCUT2D eigenvalue weighted by molar-refractivity contribution is 0.0996. The van der Waals surface area contributed by atoms with Crippen LogP contribution in [-0.2, 0) is 13.0 Å². The van der Waals surface area contributed by atoms with E-state index in [0.29, 0.717) is 5.69 Å². The highest BCUT2D eigenvalue weighted by molar-refractivity contribution is 5.95. The number of nitrogens with zero attached hydrogens (tertiary/aromatic N) is 2. The molecule has 0 fully saturated rings. The van der Waals surface area contributed by atoms with Crippen LogP contribution < -0.4 is 5.73 Å². The number of carbonyl (C=O) groups is 1. The fourth-order valence-corrected chi connectivity index (χ4v) is 2.02. The number of pyridine rings is 1. The molecule has 92 valence electrons. The van der Waals surface area contributed by atoms with E-state index in [9.17, 15) is 4.79 Å². The Kier molecular flexibility index (Phi) is 4.12. The Hall–Kier alpha value is -1.55. The first-order chi connectivity index (χ1) is 7.67. The second-order valence-electron chi connectivity index (χ2n) is 3.73. The van der Waals surface area contributed by atoms with E-state index < -0.39 is 5.91 Å². The van der Waals surface area contributed by atoms with Gasteiger partial charge < -0.3 is 10.3 Å². The van der Waals surface area contributed by atoms with Crippen molar-refractivity contribution in [1.82, 2.24) is 9.55 Å². The van der Waals surface area contributed by atoms with Crippen LogP contribution >= 0.6 is 12.4 Å². The van der Waals surface area contributed by atoms with Gasteiger partial charge in [-0.15, -0.1) is 12.4 Å². The number of fused-ring (bicyclic) bond motifs is 1. The molecule has 2 aromatic heterocycles. The summed E-state index contributed by atoms with van der Waals surface area (Å²) in [6, 6.07) is 3.84. The standard InChI is InChI=1S/C12H15N3O.ClH/c1-3-9-5-8-6-10(12(13)16)14-7-11(8)15(9)4-2;/h5-7H,3-4H2,1-2H3,(H2,13,16);1H. The minimum Gasteiger partial charge on any atom is -0.364 e. The average Bonchev–Trinajstić information content (AvgIpc) is 2.65. The lowest BCUT2D eigenvalue weighted by atomic mass is 10.2. The maximum Gasteiger partial charge on any atom is 0.267 e. The van der Waals surface area contributed by atoms with E-state index in [1.165, 1.54) is 5.69 Å². The van der Waals surface area contributed by atoms with Crippen LogP contribution in [0.4, 0.5) is 0 Å². The van der Waals surface area contributed by atoms with E-state index in [2.05, 4.69) is 29.5 Å². The molecule has 0 atom stereocenters. The summed E-state index contributed by atoms with van der Waals surface area (Å²) < 4.78 is 2.20. The third-order valence-corrected chi connectivity index (χ3v) is 2.80. The van der Waals surface area contributed by atoms with Gasteiger partial charge >= 0.3 is 0 Å². The molecule has 0 spiro atoms. The fraction of sp³-hybridized carbons (Fsp3) is 0.333. The Bertz CT molecular complexity index is 548. The molecule has 0 radical (unpaired) electrons. The molecule has 0 aliphatic heterocycles. The monoisotopic (exact) mass is 253 g/mol. The molecule has 2 heterocycles. The van der Waals surface area contributed by atoms with Crippen molar-refractivity contribution in [2.24, 2.45) is 5.73 Å². The molecule has 0 aliphatic rings. The third kappa shape index (κ3) is 2.26. The number of aryl methyl sites for hydroxylation is 2. The number of nitrogens with two attached hydrogens (primary N) is 1. The normalized spacial score (nSPS) is 10.2. The summed E-state index contributed by atoms with van der Waals surface area (Å²) >= 11 is 0. The van der Waals surface area contributed by atoms with Crippen molar-refractivity contribution in [3.8, 4) is 0 Å². The van der Waals surface area contributed by atoms with E-state index in [-0.39, 0.29) is 12.4 Å². The molecule has 0 saturated heterocycles. The van der Waals surface area contributed by atoms with Gasteiger partial charge in [-0.25, -0.2) is 4.98 Å². The van der Waals surface area contributed by atoms with Crippen molar-refractivity contribution in [3.05, 3.63) is 29.7 Å². The Morgan fingerprint density at radius 3 is 2.65 bits per heavy atom. The summed E-state index contributed by atoms with van der Waals surface area (Å²) in [6.07, 6.45) is 2.69. The summed E-state index contributed by atoms with van der Waals surface area (Å²) in [6.45, 7) is 5.12. The molecule has 1 amide bonds. The van der Waals surface area contributed by atoms with Crippen LogP contribution in [0.2, 0.25) is 0 Å². The van der Waals surface area contributed by atoms with Crippen LogP contribution in [-0.4, -0.2) is 15.5 Å². The zero-order valence-electron chi connectivity index (χ0n) is 9.93. The molecule has 0 aliphatic carbocycles. The highest BCUT2D eigenvalue weighted by Crippen LogP contribution is 2.20. The summed E-state index contributed by atoms with van der Waals surface area (Å²) in [4.78, 5) is 15.1. The van der Waals surface area contributed by atoms with Crippen molar-refractivity contribution in [3.63, 3.8) is 0 Å². The molecule has 2 N–H and O–H groups in total. The summed E-state index contributed by atoms with van der Waals surface area (Å²) in [5, 5.41) is 1.03. The van der Waals surface area contributed by atoms with Crippen LogP contribution in [0, 0.1) is 0 Å². The first-order valence-electron chi connectivity index (χ1n) is 5.45. The van der Waals surface area contributed by atoms with Gasteiger partial charge in [0.05, 0.1) is 11.7 Å². The molecular weight excluding hydrogens is 238 g/mol. The first-order valence-corrected chi connectivity index (χ1v) is 5.45. The number of carbonyl (C=O) groups excluding carboxylic acids is 1. The molecule has 0 saturated carbocycles. The lowest BCUT2D eigenvalue weighted by Gasteiger charge is -2.05. The third-order valence-electron chi connectivity index (χ3n) is 2.80. The molecule has 0 bridgehead atoms. The molecule has 2 rings (SSSR count). The van der Waals surface area contributed by atoms with E-state index in [0.717, 1.165) is 23.9 Å². The van der Waals surface area contributed by atoms with Crippen LogP contribution in [0.1, 0.15) is 30.0 Å². The summed E-state index contributed by atoms with van der Waals surface area (Å²) in [5.74, 6) is -0.482. The summed E-state index contributed by atoms with van der Waals surface area (Å²) in [5.41, 5.74) is 7.84. The Morgan fingerprint density at radius 2 is 2.12 bits per heavy atom. The Labute approximate surface area is 106 Å². The van der Waals surface area contributed by atoms with Crippen molar-refractivity contribution >= 4 is 29.2 Å². The molecule has 2 aromatic rings. The highest BCUT2D eigenvalue weighted by Gasteiger charge is 2.09. The van der Waals surface area contributed by atoms with Crippen LogP contribution in [0.5, 0.6) is 0 Å². The van der Waals surface area contributed by atoms with Gasteiger partial charge in [0.25, 0.3) is 5.91 Å². The second kappa shape index (κ2) is 5.19. The van der Waals surface area contributed by atoms with E-state index >= 15 is 0 Å². The van der Waals surface area contributed by atoms with Gasteiger partial charge in [-0.2, -0.15) is 0 Å². The van der Waals surface area contributed by atoms with Gasteiger partial charge in [0, 0.05) is 17.6 Å². The number of hydrogen-bond donors (Lipinski definition) is 1. The minimum absolute atomic E-state index is 0. The van der Waals surface area contributed by atoms with Gasteiger partial charge in [-0.3, -0.25) is 4.79 Å². The van der Waals surface area contributed by atoms with Gasteiger partial charge in [-0.1, -0.05) is 6.92 Å². The zero-order chi connectivity index (χ0) is 11.7. The van der Waals surface area contributed by atoms with E-state index in [1.54, 1.807) is 12.3 Å². The zero-order valence-corrected chi connectivity index (χ0v) is 10.8.